The third-order valence-electron chi connectivity index (χ3n) is 4.02. The van der Waals surface area contributed by atoms with Gasteiger partial charge in [0.15, 0.2) is 6.61 Å². The van der Waals surface area contributed by atoms with Crippen molar-refractivity contribution < 1.29 is 31.9 Å². The van der Waals surface area contributed by atoms with Crippen molar-refractivity contribution in [2.75, 3.05) is 13.2 Å². The maximum Gasteiger partial charge on any atom is 0.416 e. The maximum absolute atomic E-state index is 13.3. The lowest BCUT2D eigenvalue weighted by atomic mass is 10.2. The van der Waals surface area contributed by atoms with Crippen molar-refractivity contribution in [3.8, 4) is 5.75 Å². The number of unbranched alkanes of at least 4 members (excludes halogenated alkanes) is 1. The summed E-state index contributed by atoms with van der Waals surface area (Å²) >= 11 is 5.55. The largest absolute Gasteiger partial charge is 0.484 e. The van der Waals surface area contributed by atoms with E-state index in [4.69, 9.17) is 16.3 Å². The second-order valence-electron chi connectivity index (χ2n) is 6.48. The smallest absolute Gasteiger partial charge is 0.416 e. The fourth-order valence-electron chi connectivity index (χ4n) is 2.43. The number of hydrogen-bond donors (Lipinski definition) is 2. The molecule has 1 aromatic heterocycles. The molecule has 0 saturated heterocycles. The number of pyridine rings is 1. The van der Waals surface area contributed by atoms with Crippen LogP contribution in [0.1, 0.15) is 30.5 Å². The van der Waals surface area contributed by atoms with Gasteiger partial charge in [0.25, 0.3) is 5.91 Å². The average molecular weight is 462 g/mol. The van der Waals surface area contributed by atoms with Gasteiger partial charge in [-0.05, 0) is 37.1 Å². The number of ether oxygens (including phenoxy) is 1. The summed E-state index contributed by atoms with van der Waals surface area (Å²) in [5.74, 6) is -1.22. The summed E-state index contributed by atoms with van der Waals surface area (Å²) in [5.41, 5.74) is -0.719. The second kappa shape index (κ2) is 11.5. The zero-order chi connectivity index (χ0) is 22.9. The van der Waals surface area contributed by atoms with Gasteiger partial charge in [0.1, 0.15) is 11.6 Å². The highest BCUT2D eigenvalue weighted by Crippen LogP contribution is 2.28. The maximum atomic E-state index is 13.3. The first-order valence-corrected chi connectivity index (χ1v) is 9.66. The third kappa shape index (κ3) is 8.79. The molecule has 0 aliphatic heterocycles. The number of nitrogens with zero attached hydrogens (tertiary/aromatic N) is 1. The molecule has 0 radical (unpaired) electrons. The van der Waals surface area contributed by atoms with Crippen LogP contribution in [0.2, 0.25) is 5.02 Å². The van der Waals surface area contributed by atoms with E-state index in [0.29, 0.717) is 19.4 Å². The van der Waals surface area contributed by atoms with Gasteiger partial charge in [-0.25, -0.2) is 4.39 Å². The molecule has 31 heavy (non-hydrogen) atoms. The Morgan fingerprint density at radius 2 is 1.84 bits per heavy atom. The second-order valence-corrected chi connectivity index (χ2v) is 6.89. The molecule has 2 amide bonds. The first kappa shape index (κ1) is 24.4. The van der Waals surface area contributed by atoms with E-state index in [2.05, 4.69) is 15.6 Å². The molecule has 1 heterocycles. The average Bonchev–Trinajstić information content (AvgIpc) is 2.72. The summed E-state index contributed by atoms with van der Waals surface area (Å²) in [6.07, 6.45) is -2.31. The highest BCUT2D eigenvalue weighted by atomic mass is 35.5. The number of carbonyl (C=O) groups excluding carboxylic acids is 2. The standard InChI is InChI=1S/C20H20ClF4N3O3/c21-16-5-4-15(10-17(16)22)31-12-19(30)27-7-2-1-3-18(29)28-11-14-9-13(6-8-26-14)20(23,24)25/h4-6,8-10H,1-3,7,11-12H2,(H,27,30)(H,28,29). The minimum atomic E-state index is -4.47. The molecule has 0 aliphatic carbocycles. The van der Waals surface area contributed by atoms with E-state index in [9.17, 15) is 27.2 Å². The van der Waals surface area contributed by atoms with Crippen molar-refractivity contribution in [2.45, 2.75) is 32.0 Å². The van der Waals surface area contributed by atoms with E-state index >= 15 is 0 Å². The van der Waals surface area contributed by atoms with Crippen molar-refractivity contribution in [3.63, 3.8) is 0 Å². The molecule has 0 atom stereocenters. The lowest BCUT2D eigenvalue weighted by molar-refractivity contribution is -0.137. The Hall–Kier alpha value is -2.88. The fourth-order valence-corrected chi connectivity index (χ4v) is 2.55. The summed E-state index contributed by atoms with van der Waals surface area (Å²) in [6.45, 7) is -0.104. The predicted molar refractivity (Wildman–Crippen MR) is 105 cm³/mol. The third-order valence-corrected chi connectivity index (χ3v) is 4.33. The molecule has 0 aliphatic rings. The van der Waals surface area contributed by atoms with Gasteiger partial charge in [-0.2, -0.15) is 13.2 Å². The van der Waals surface area contributed by atoms with Crippen LogP contribution in [0, 0.1) is 5.82 Å². The van der Waals surface area contributed by atoms with Crippen LogP contribution in [0.3, 0.4) is 0 Å². The Morgan fingerprint density at radius 3 is 2.55 bits per heavy atom. The van der Waals surface area contributed by atoms with Crippen molar-refractivity contribution >= 4 is 23.4 Å². The number of alkyl halides is 3. The number of carbonyl (C=O) groups is 2. The van der Waals surface area contributed by atoms with Crippen LogP contribution >= 0.6 is 11.6 Å². The number of benzene rings is 1. The molecular weight excluding hydrogens is 442 g/mol. The van der Waals surface area contributed by atoms with E-state index in [1.165, 1.54) is 12.1 Å². The van der Waals surface area contributed by atoms with Gasteiger partial charge in [-0.3, -0.25) is 14.6 Å². The number of amides is 2. The molecule has 11 heteroatoms. The summed E-state index contributed by atoms with van der Waals surface area (Å²) in [5, 5.41) is 5.06. The normalized spacial score (nSPS) is 11.1. The monoisotopic (exact) mass is 461 g/mol. The van der Waals surface area contributed by atoms with Gasteiger partial charge in [0, 0.05) is 25.2 Å². The van der Waals surface area contributed by atoms with E-state index in [1.54, 1.807) is 0 Å². The van der Waals surface area contributed by atoms with Crippen LogP contribution in [0.15, 0.2) is 36.5 Å². The molecule has 168 valence electrons. The molecule has 6 nitrogen and oxygen atoms in total. The molecular formula is C20H20ClF4N3O3. The van der Waals surface area contributed by atoms with Crippen molar-refractivity contribution in [2.24, 2.45) is 0 Å². The van der Waals surface area contributed by atoms with E-state index in [0.717, 1.165) is 24.4 Å². The van der Waals surface area contributed by atoms with Crippen LogP contribution in [0.25, 0.3) is 0 Å². The molecule has 0 spiro atoms. The lowest BCUT2D eigenvalue weighted by Crippen LogP contribution is -2.30. The van der Waals surface area contributed by atoms with Crippen molar-refractivity contribution in [1.29, 1.82) is 0 Å². The van der Waals surface area contributed by atoms with Crippen LogP contribution in [0.4, 0.5) is 17.6 Å². The van der Waals surface area contributed by atoms with Crippen LogP contribution in [-0.4, -0.2) is 29.9 Å². The predicted octanol–water partition coefficient (Wildman–Crippen LogP) is 3.87. The summed E-state index contributed by atoms with van der Waals surface area (Å²) in [7, 11) is 0. The molecule has 2 rings (SSSR count). The van der Waals surface area contributed by atoms with Gasteiger partial charge in [0.2, 0.25) is 5.91 Å². The molecule has 0 bridgehead atoms. The molecule has 0 fully saturated rings. The molecule has 0 unspecified atom stereocenters. The number of aromatic nitrogens is 1. The Morgan fingerprint density at radius 1 is 1.06 bits per heavy atom. The first-order valence-electron chi connectivity index (χ1n) is 9.28. The summed E-state index contributed by atoms with van der Waals surface area (Å²) in [6, 6.07) is 5.57. The molecule has 0 saturated carbocycles. The van der Waals surface area contributed by atoms with Gasteiger partial charge in [0.05, 0.1) is 22.8 Å². The van der Waals surface area contributed by atoms with Crippen LogP contribution in [0.5, 0.6) is 5.75 Å². The Balaban J connectivity index is 1.58. The number of nitrogens with one attached hydrogen (secondary N) is 2. The topological polar surface area (TPSA) is 80.3 Å². The molecule has 2 aromatic rings. The number of rotatable bonds is 10. The van der Waals surface area contributed by atoms with Gasteiger partial charge < -0.3 is 15.4 Å². The zero-order valence-corrected chi connectivity index (χ0v) is 17.0. The van der Waals surface area contributed by atoms with E-state index in [-0.39, 0.29) is 41.9 Å². The summed E-state index contributed by atoms with van der Waals surface area (Å²) in [4.78, 5) is 27.3. The number of halogens is 5. The number of hydrogen-bond acceptors (Lipinski definition) is 4. The molecule has 1 aromatic carbocycles. The highest BCUT2D eigenvalue weighted by molar-refractivity contribution is 6.30. The molecule has 2 N–H and O–H groups in total. The minimum absolute atomic E-state index is 0.0491. The Bertz CT molecular complexity index is 909. The van der Waals surface area contributed by atoms with Crippen LogP contribution < -0.4 is 15.4 Å². The van der Waals surface area contributed by atoms with Crippen LogP contribution in [-0.2, 0) is 22.3 Å². The fraction of sp³-hybridized carbons (Fsp3) is 0.350. The van der Waals surface area contributed by atoms with Crippen molar-refractivity contribution in [1.82, 2.24) is 15.6 Å². The Kier molecular flexibility index (Phi) is 9.04. The van der Waals surface area contributed by atoms with Gasteiger partial charge >= 0.3 is 6.18 Å². The lowest BCUT2D eigenvalue weighted by Gasteiger charge is -2.09. The van der Waals surface area contributed by atoms with E-state index in [1.807, 2.05) is 0 Å². The summed E-state index contributed by atoms with van der Waals surface area (Å²) < 4.78 is 56.4. The SMILES string of the molecule is O=C(CCCCNC(=O)COc1ccc(Cl)c(F)c1)NCc1cc(C(F)(F)F)ccn1. The van der Waals surface area contributed by atoms with Gasteiger partial charge in [-0.15, -0.1) is 0 Å². The van der Waals surface area contributed by atoms with E-state index < -0.39 is 23.5 Å². The zero-order valence-electron chi connectivity index (χ0n) is 16.3. The van der Waals surface area contributed by atoms with Crippen molar-refractivity contribution in [3.05, 3.63) is 58.6 Å². The minimum Gasteiger partial charge on any atom is -0.484 e. The highest BCUT2D eigenvalue weighted by Gasteiger charge is 2.30. The first-order chi connectivity index (χ1) is 14.6. The quantitative estimate of drug-likeness (QED) is 0.416. The Labute approximate surface area is 180 Å². The van der Waals surface area contributed by atoms with Gasteiger partial charge in [-0.1, -0.05) is 11.6 Å².